The van der Waals surface area contributed by atoms with Crippen LogP contribution < -0.4 is 21.3 Å². The second-order valence-electron chi connectivity index (χ2n) is 11.6. The summed E-state index contributed by atoms with van der Waals surface area (Å²) in [5.74, 6) is 1.62. The molecule has 4 amide bonds. The quantitative estimate of drug-likeness (QED) is 0.104. The van der Waals surface area contributed by atoms with Gasteiger partial charge in [0.2, 0.25) is 11.8 Å². The summed E-state index contributed by atoms with van der Waals surface area (Å²) in [6.45, 7) is 4.90. The molecule has 0 aromatic heterocycles. The van der Waals surface area contributed by atoms with E-state index in [1.165, 1.54) is 0 Å². The highest BCUT2D eigenvalue weighted by atomic mass is 32.2. The van der Waals surface area contributed by atoms with Crippen molar-refractivity contribution in [2.24, 2.45) is 5.92 Å². The molecule has 0 aromatic carbocycles. The number of nitrogens with one attached hydrogen (secondary N) is 4. The Morgan fingerprint density at radius 3 is 2.00 bits per heavy atom. The van der Waals surface area contributed by atoms with Crippen molar-refractivity contribution in [1.82, 2.24) is 21.3 Å². The standard InChI is InChI=1S/C30H52N4O5S/c1-22(2)29(38)32-20-12-16-24(36)14-7-5-11-19-31-27(37)18-8-4-3-6-13-23(35)15-9-10-17-26-28-25(21-40-26)33-30(39)34-28/h22,25-26,28H,3-21H2,1-2H3,(H,31,37)(H,32,38)(H2,33,34,39)/t25-,26-,28-/m0/s1. The van der Waals surface area contributed by atoms with Gasteiger partial charge in [0.1, 0.15) is 11.6 Å². The fraction of sp³-hybridized carbons (Fsp3) is 0.833. The molecule has 2 heterocycles. The number of hydrogen-bond acceptors (Lipinski definition) is 6. The van der Waals surface area contributed by atoms with Gasteiger partial charge in [-0.25, -0.2) is 4.79 Å². The van der Waals surface area contributed by atoms with Crippen molar-refractivity contribution in [2.45, 2.75) is 134 Å². The fourth-order valence-electron chi connectivity index (χ4n) is 5.16. The Labute approximate surface area is 244 Å². The van der Waals surface area contributed by atoms with Crippen molar-refractivity contribution in [1.29, 1.82) is 0 Å². The van der Waals surface area contributed by atoms with Crippen LogP contribution in [0.25, 0.3) is 0 Å². The maximum atomic E-state index is 12.2. The average molecular weight is 581 g/mol. The third-order valence-corrected chi connectivity index (χ3v) is 9.16. The van der Waals surface area contributed by atoms with Crippen molar-refractivity contribution in [2.75, 3.05) is 18.8 Å². The normalized spacial score (nSPS) is 19.7. The zero-order chi connectivity index (χ0) is 29.2. The van der Waals surface area contributed by atoms with E-state index in [9.17, 15) is 24.0 Å². The number of ketones is 2. The van der Waals surface area contributed by atoms with Gasteiger partial charge in [0.25, 0.3) is 0 Å². The summed E-state index contributed by atoms with van der Waals surface area (Å²) in [5.41, 5.74) is 0. The van der Waals surface area contributed by atoms with Crippen molar-refractivity contribution in [3.8, 4) is 0 Å². The molecule has 0 aliphatic carbocycles. The van der Waals surface area contributed by atoms with Gasteiger partial charge in [-0.2, -0.15) is 11.8 Å². The van der Waals surface area contributed by atoms with Crippen LogP contribution in [0.15, 0.2) is 0 Å². The van der Waals surface area contributed by atoms with E-state index in [-0.39, 0.29) is 41.6 Å². The highest BCUT2D eigenvalue weighted by Crippen LogP contribution is 2.33. The molecule has 0 aromatic rings. The van der Waals surface area contributed by atoms with Crippen molar-refractivity contribution >= 4 is 41.2 Å². The lowest BCUT2D eigenvalue weighted by molar-refractivity contribution is -0.124. The minimum absolute atomic E-state index is 0.0251. The molecule has 2 aliphatic heterocycles. The lowest BCUT2D eigenvalue weighted by Crippen LogP contribution is -2.36. The molecule has 0 bridgehead atoms. The Bertz CT molecular complexity index is 822. The van der Waals surface area contributed by atoms with Gasteiger partial charge in [-0.3, -0.25) is 19.2 Å². The highest BCUT2D eigenvalue weighted by molar-refractivity contribution is 8.00. The molecule has 2 saturated heterocycles. The minimum atomic E-state index is -0.0494. The number of fused-ring (bicyclic) bond motifs is 1. The maximum absolute atomic E-state index is 12.2. The molecule has 40 heavy (non-hydrogen) atoms. The van der Waals surface area contributed by atoms with Gasteiger partial charge in [0.15, 0.2) is 0 Å². The van der Waals surface area contributed by atoms with Crippen molar-refractivity contribution in [3.05, 3.63) is 0 Å². The predicted octanol–water partition coefficient (Wildman–Crippen LogP) is 4.42. The van der Waals surface area contributed by atoms with Crippen LogP contribution in [0, 0.1) is 5.92 Å². The molecule has 9 nitrogen and oxygen atoms in total. The molecule has 3 atom stereocenters. The Morgan fingerprint density at radius 2 is 1.32 bits per heavy atom. The highest BCUT2D eigenvalue weighted by Gasteiger charge is 2.42. The van der Waals surface area contributed by atoms with Gasteiger partial charge in [-0.05, 0) is 44.9 Å². The van der Waals surface area contributed by atoms with E-state index in [1.54, 1.807) is 0 Å². The number of thioether (sulfide) groups is 1. The summed E-state index contributed by atoms with van der Waals surface area (Å²) in [6.07, 6.45) is 12.9. The first-order valence-corrected chi connectivity index (χ1v) is 16.6. The van der Waals surface area contributed by atoms with Crippen molar-refractivity contribution < 1.29 is 24.0 Å². The summed E-state index contributed by atoms with van der Waals surface area (Å²) < 4.78 is 0. The molecule has 0 saturated carbocycles. The Hall–Kier alpha value is -2.10. The van der Waals surface area contributed by atoms with Gasteiger partial charge in [-0.1, -0.05) is 39.5 Å². The minimum Gasteiger partial charge on any atom is -0.356 e. The van der Waals surface area contributed by atoms with Crippen LogP contribution in [0.3, 0.4) is 0 Å². The first-order chi connectivity index (χ1) is 19.3. The number of unbranched alkanes of at least 4 members (excludes halogenated alkanes) is 6. The summed E-state index contributed by atoms with van der Waals surface area (Å²) in [5, 5.41) is 12.2. The van der Waals surface area contributed by atoms with Gasteiger partial charge in [0, 0.05) is 62.1 Å². The van der Waals surface area contributed by atoms with Crippen molar-refractivity contribution in [3.63, 3.8) is 0 Å². The molecular weight excluding hydrogens is 528 g/mol. The zero-order valence-electron chi connectivity index (χ0n) is 24.7. The molecule has 4 N–H and O–H groups in total. The third-order valence-electron chi connectivity index (χ3n) is 7.65. The SMILES string of the molecule is CC(C)C(=O)NCCCC(=O)CCCCCNC(=O)CCCCCCC(=O)CCCC[C@@H]1SC[C@@H]2NC(=O)N[C@@H]21. The van der Waals surface area contributed by atoms with Gasteiger partial charge < -0.3 is 21.3 Å². The van der Waals surface area contributed by atoms with E-state index >= 15 is 0 Å². The second kappa shape index (κ2) is 19.9. The van der Waals surface area contributed by atoms with Crippen LogP contribution in [0.5, 0.6) is 0 Å². The van der Waals surface area contributed by atoms with Crippen LogP contribution in [0.4, 0.5) is 4.79 Å². The predicted molar refractivity (Wildman–Crippen MR) is 160 cm³/mol. The van der Waals surface area contributed by atoms with E-state index in [2.05, 4.69) is 21.3 Å². The van der Waals surface area contributed by atoms with E-state index in [4.69, 9.17) is 0 Å². The lowest BCUT2D eigenvalue weighted by atomic mass is 10.0. The third kappa shape index (κ3) is 14.5. The van der Waals surface area contributed by atoms with E-state index in [1.807, 2.05) is 25.6 Å². The van der Waals surface area contributed by atoms with Gasteiger partial charge in [0.05, 0.1) is 12.1 Å². The monoisotopic (exact) mass is 580 g/mol. The second-order valence-corrected chi connectivity index (χ2v) is 12.8. The molecule has 2 fully saturated rings. The molecule has 0 radical (unpaired) electrons. The molecule has 228 valence electrons. The number of carbonyl (C=O) groups is 5. The molecular formula is C30H52N4O5S. The Balaban J connectivity index is 1.31. The Kier molecular flexibility index (Phi) is 17.0. The largest absolute Gasteiger partial charge is 0.356 e. The number of carbonyl (C=O) groups excluding carboxylic acids is 5. The number of Topliss-reactive ketones (excluding diaryl/α,β-unsaturated/α-hetero) is 2. The smallest absolute Gasteiger partial charge is 0.315 e. The van der Waals surface area contributed by atoms with E-state index < -0.39 is 0 Å². The summed E-state index contributed by atoms with van der Waals surface area (Å²) in [6, 6.07) is 0.453. The van der Waals surface area contributed by atoms with Crippen LogP contribution in [0.2, 0.25) is 0 Å². The average Bonchev–Trinajstić information content (AvgIpc) is 3.47. The Morgan fingerprint density at radius 1 is 0.750 bits per heavy atom. The molecule has 2 rings (SSSR count). The molecule has 10 heteroatoms. The fourth-order valence-corrected chi connectivity index (χ4v) is 6.71. The maximum Gasteiger partial charge on any atom is 0.315 e. The first-order valence-electron chi connectivity index (χ1n) is 15.5. The van der Waals surface area contributed by atoms with E-state index in [0.717, 1.165) is 70.0 Å². The van der Waals surface area contributed by atoms with Crippen LogP contribution >= 0.6 is 11.8 Å². The summed E-state index contributed by atoms with van der Waals surface area (Å²) >= 11 is 1.92. The topological polar surface area (TPSA) is 133 Å². The van der Waals surface area contributed by atoms with Crippen LogP contribution in [-0.4, -0.2) is 65.6 Å². The van der Waals surface area contributed by atoms with Crippen LogP contribution in [-0.2, 0) is 19.2 Å². The molecule has 0 unspecified atom stereocenters. The summed E-state index contributed by atoms with van der Waals surface area (Å²) in [4.78, 5) is 59.0. The zero-order valence-corrected chi connectivity index (χ0v) is 25.5. The number of urea groups is 1. The van der Waals surface area contributed by atoms with E-state index in [0.29, 0.717) is 62.6 Å². The number of hydrogen-bond donors (Lipinski definition) is 4. The molecule has 2 aliphatic rings. The molecule has 0 spiro atoms. The number of rotatable bonds is 23. The lowest BCUT2D eigenvalue weighted by Gasteiger charge is -2.16. The van der Waals surface area contributed by atoms with Crippen LogP contribution in [0.1, 0.15) is 117 Å². The first kappa shape index (κ1) is 34.1. The van der Waals surface area contributed by atoms with Gasteiger partial charge in [-0.15, -0.1) is 0 Å². The summed E-state index contributed by atoms with van der Waals surface area (Å²) in [7, 11) is 0. The van der Waals surface area contributed by atoms with Gasteiger partial charge >= 0.3 is 6.03 Å². The number of amides is 4.